The average Bonchev–Trinajstić information content (AvgIpc) is 2.16. The van der Waals surface area contributed by atoms with Gasteiger partial charge in [0.25, 0.3) is 0 Å². The number of rotatable bonds is 1. The molecule has 1 aromatic carbocycles. The van der Waals surface area contributed by atoms with Crippen LogP contribution in [0.25, 0.3) is 10.9 Å². The molecule has 1 heterocycles. The maximum absolute atomic E-state index is 10.6. The third-order valence-electron chi connectivity index (χ3n) is 1.89. The molecule has 15 heavy (non-hydrogen) atoms. The van der Waals surface area contributed by atoms with E-state index in [1.54, 1.807) is 18.2 Å². The number of halogens is 1. The Hall–Kier alpha value is -1.01. The van der Waals surface area contributed by atoms with Crippen LogP contribution < -0.4 is 24.0 Å². The van der Waals surface area contributed by atoms with Crippen molar-refractivity contribution in [2.75, 3.05) is 0 Å². The van der Waals surface area contributed by atoms with Gasteiger partial charge in [0, 0.05) is 5.39 Å². The summed E-state index contributed by atoms with van der Waals surface area (Å²) in [7, 11) is 0. The van der Waals surface area contributed by atoms with Crippen molar-refractivity contribution in [2.24, 2.45) is 0 Å². The summed E-state index contributed by atoms with van der Waals surface area (Å²) in [6.07, 6.45) is 0. The SMILES string of the molecule is O=C([O-])c1ccc2nc(Cl)ccc2c1.[Li+]. The Morgan fingerprint density at radius 1 is 1.27 bits per heavy atom. The minimum atomic E-state index is -1.19. The van der Waals surface area contributed by atoms with E-state index < -0.39 is 5.97 Å². The molecule has 2 rings (SSSR count). The fourth-order valence-corrected chi connectivity index (χ4v) is 1.38. The Kier molecular flexibility index (Phi) is 3.76. The van der Waals surface area contributed by atoms with Crippen LogP contribution in [0.5, 0.6) is 0 Å². The van der Waals surface area contributed by atoms with Crippen molar-refractivity contribution < 1.29 is 28.8 Å². The summed E-state index contributed by atoms with van der Waals surface area (Å²) in [5.41, 5.74) is 0.809. The summed E-state index contributed by atoms with van der Waals surface area (Å²) in [5, 5.41) is 11.7. The van der Waals surface area contributed by atoms with E-state index in [2.05, 4.69) is 4.98 Å². The molecule has 70 valence electrons. The van der Waals surface area contributed by atoms with E-state index >= 15 is 0 Å². The molecule has 0 fully saturated rings. The summed E-state index contributed by atoms with van der Waals surface area (Å²) >= 11 is 5.68. The van der Waals surface area contributed by atoms with Crippen LogP contribution in [0.15, 0.2) is 30.3 Å². The number of carbonyl (C=O) groups excluding carboxylic acids is 1. The van der Waals surface area contributed by atoms with Gasteiger partial charge in [-0.1, -0.05) is 17.7 Å². The van der Waals surface area contributed by atoms with E-state index in [4.69, 9.17) is 11.6 Å². The number of fused-ring (bicyclic) bond motifs is 1. The Balaban J connectivity index is 0.00000112. The van der Waals surface area contributed by atoms with Crippen molar-refractivity contribution >= 4 is 28.5 Å². The summed E-state index contributed by atoms with van der Waals surface area (Å²) in [5.74, 6) is -1.19. The molecule has 1 aromatic heterocycles. The van der Waals surface area contributed by atoms with Crippen molar-refractivity contribution in [3.8, 4) is 0 Å². The Morgan fingerprint density at radius 3 is 2.67 bits per heavy atom. The smallest absolute Gasteiger partial charge is 0.545 e. The van der Waals surface area contributed by atoms with Gasteiger partial charge < -0.3 is 9.90 Å². The first kappa shape index (κ1) is 12.1. The number of carbonyl (C=O) groups is 1. The Morgan fingerprint density at radius 2 is 2.00 bits per heavy atom. The largest absolute Gasteiger partial charge is 1.00 e. The van der Waals surface area contributed by atoms with E-state index in [0.717, 1.165) is 5.39 Å². The molecule has 0 unspecified atom stereocenters. The molecule has 5 heteroatoms. The summed E-state index contributed by atoms with van der Waals surface area (Å²) in [6, 6.07) is 7.89. The van der Waals surface area contributed by atoms with Crippen molar-refractivity contribution in [2.45, 2.75) is 0 Å². The minimum Gasteiger partial charge on any atom is -0.545 e. The van der Waals surface area contributed by atoms with Gasteiger partial charge in [0.15, 0.2) is 0 Å². The summed E-state index contributed by atoms with van der Waals surface area (Å²) in [4.78, 5) is 14.6. The van der Waals surface area contributed by atoms with Gasteiger partial charge in [-0.2, -0.15) is 0 Å². The number of pyridine rings is 1. The van der Waals surface area contributed by atoms with Gasteiger partial charge in [0.2, 0.25) is 0 Å². The van der Waals surface area contributed by atoms with Gasteiger partial charge >= 0.3 is 18.9 Å². The summed E-state index contributed by atoms with van der Waals surface area (Å²) < 4.78 is 0. The number of hydrogen-bond acceptors (Lipinski definition) is 3. The molecule has 0 aliphatic carbocycles. The zero-order valence-corrected chi connectivity index (χ0v) is 8.78. The molecule has 0 spiro atoms. The van der Waals surface area contributed by atoms with E-state index in [0.29, 0.717) is 10.7 Å². The first-order chi connectivity index (χ1) is 6.66. The van der Waals surface area contributed by atoms with Gasteiger partial charge in [-0.25, -0.2) is 4.98 Å². The number of aromatic nitrogens is 1. The number of nitrogens with zero attached hydrogens (tertiary/aromatic N) is 1. The monoisotopic (exact) mass is 213 g/mol. The zero-order valence-electron chi connectivity index (χ0n) is 8.03. The maximum atomic E-state index is 10.6. The van der Waals surface area contributed by atoms with Crippen LogP contribution in [-0.4, -0.2) is 11.0 Å². The number of benzene rings is 1. The topological polar surface area (TPSA) is 53.0 Å². The van der Waals surface area contributed by atoms with Crippen LogP contribution in [0.4, 0.5) is 0 Å². The molecule has 0 bridgehead atoms. The quantitative estimate of drug-likeness (QED) is 0.417. The second kappa shape index (κ2) is 4.67. The van der Waals surface area contributed by atoms with E-state index in [1.165, 1.54) is 12.1 Å². The molecule has 0 aliphatic heterocycles. The molecule has 0 amide bonds. The predicted molar refractivity (Wildman–Crippen MR) is 51.1 cm³/mol. The second-order valence-corrected chi connectivity index (χ2v) is 3.22. The average molecular weight is 214 g/mol. The standard InChI is InChI=1S/C10H6ClNO2.Li/c11-9-4-2-6-5-7(10(13)14)1-3-8(6)12-9;/h1-5H,(H,13,14);/q;+1/p-1. The first-order valence-corrected chi connectivity index (χ1v) is 4.32. The van der Waals surface area contributed by atoms with Crippen molar-refractivity contribution in [3.05, 3.63) is 41.0 Å². The molecular formula is C10H5ClLiNO2. The minimum absolute atomic E-state index is 0. The van der Waals surface area contributed by atoms with Crippen LogP contribution in [0.3, 0.4) is 0 Å². The van der Waals surface area contributed by atoms with E-state index in [-0.39, 0.29) is 24.4 Å². The van der Waals surface area contributed by atoms with Crippen LogP contribution in [0.2, 0.25) is 5.15 Å². The van der Waals surface area contributed by atoms with Gasteiger partial charge in [-0.15, -0.1) is 0 Å². The third kappa shape index (κ3) is 2.51. The van der Waals surface area contributed by atoms with Gasteiger partial charge in [0.1, 0.15) is 5.15 Å². The van der Waals surface area contributed by atoms with E-state index in [1.807, 2.05) is 0 Å². The van der Waals surface area contributed by atoms with Crippen LogP contribution in [0, 0.1) is 0 Å². The molecule has 0 saturated heterocycles. The van der Waals surface area contributed by atoms with Crippen molar-refractivity contribution in [1.29, 1.82) is 0 Å². The molecular weight excluding hydrogens is 209 g/mol. The van der Waals surface area contributed by atoms with Gasteiger partial charge in [-0.3, -0.25) is 0 Å². The molecule has 0 aliphatic rings. The van der Waals surface area contributed by atoms with Crippen LogP contribution in [0.1, 0.15) is 10.4 Å². The molecule has 2 aromatic rings. The van der Waals surface area contributed by atoms with Gasteiger partial charge in [-0.05, 0) is 29.8 Å². The summed E-state index contributed by atoms with van der Waals surface area (Å²) in [6.45, 7) is 0. The third-order valence-corrected chi connectivity index (χ3v) is 2.10. The first-order valence-electron chi connectivity index (χ1n) is 3.94. The van der Waals surface area contributed by atoms with Crippen molar-refractivity contribution in [1.82, 2.24) is 4.98 Å². The maximum Gasteiger partial charge on any atom is 1.00 e. The molecule has 0 saturated carbocycles. The Labute approximate surface area is 103 Å². The predicted octanol–water partition coefficient (Wildman–Crippen LogP) is -1.74. The van der Waals surface area contributed by atoms with Crippen molar-refractivity contribution in [3.63, 3.8) is 0 Å². The van der Waals surface area contributed by atoms with E-state index in [9.17, 15) is 9.90 Å². The van der Waals surface area contributed by atoms with Crippen LogP contribution >= 0.6 is 11.6 Å². The molecule has 0 radical (unpaired) electrons. The number of hydrogen-bond donors (Lipinski definition) is 0. The number of carboxylic acids is 1. The number of aromatic carboxylic acids is 1. The zero-order chi connectivity index (χ0) is 10.1. The normalized spacial score (nSPS) is 9.67. The molecule has 0 atom stereocenters. The fraction of sp³-hybridized carbons (Fsp3) is 0. The van der Waals surface area contributed by atoms with Gasteiger partial charge in [0.05, 0.1) is 11.5 Å². The fourth-order valence-electron chi connectivity index (χ4n) is 1.23. The molecule has 3 nitrogen and oxygen atoms in total. The molecule has 0 N–H and O–H groups in total. The number of carboxylic acid groups (broad SMARTS) is 1. The van der Waals surface area contributed by atoms with Crippen LogP contribution in [-0.2, 0) is 0 Å². The second-order valence-electron chi connectivity index (χ2n) is 2.83. The Bertz CT molecular complexity index is 516.